The zero-order chi connectivity index (χ0) is 15.8. The molecule has 1 aliphatic carbocycles. The number of carbonyl (C=O) groups excluding carboxylic acids is 1. The molecule has 0 bridgehead atoms. The number of likely N-dealkylation sites (N-methyl/N-ethyl adjacent to an activating group) is 1. The van der Waals surface area contributed by atoms with Gasteiger partial charge < -0.3 is 10.0 Å². The molecule has 0 aromatic rings. The summed E-state index contributed by atoms with van der Waals surface area (Å²) in [4.78, 5) is 25.1. The molecule has 0 aromatic heterocycles. The normalized spacial score (nSPS) is 19.0. The summed E-state index contributed by atoms with van der Waals surface area (Å²) in [5, 5.41) is 12.1. The van der Waals surface area contributed by atoms with Crippen LogP contribution in [0.5, 0.6) is 0 Å². The van der Waals surface area contributed by atoms with Crippen molar-refractivity contribution >= 4 is 11.9 Å². The van der Waals surface area contributed by atoms with Gasteiger partial charge in [0.2, 0.25) is 5.91 Å². The zero-order valence-electron chi connectivity index (χ0n) is 13.6. The zero-order valence-corrected chi connectivity index (χ0v) is 13.6. The average molecular weight is 298 g/mol. The molecule has 0 aromatic carbocycles. The minimum Gasteiger partial charge on any atom is -0.480 e. The molecule has 5 heteroatoms. The van der Waals surface area contributed by atoms with Crippen LogP contribution in [0.2, 0.25) is 0 Å². The Kier molecular flexibility index (Phi) is 7.72. The summed E-state index contributed by atoms with van der Waals surface area (Å²) < 4.78 is 0. The van der Waals surface area contributed by atoms with Gasteiger partial charge in [-0.3, -0.25) is 14.9 Å². The Hall–Kier alpha value is -1.10. The van der Waals surface area contributed by atoms with Gasteiger partial charge in [-0.1, -0.05) is 39.5 Å². The lowest BCUT2D eigenvalue weighted by atomic mass is 9.89. The number of rotatable bonds is 8. The van der Waals surface area contributed by atoms with Crippen LogP contribution >= 0.6 is 0 Å². The summed E-state index contributed by atoms with van der Waals surface area (Å²) >= 11 is 0. The Morgan fingerprint density at radius 1 is 1.29 bits per heavy atom. The van der Waals surface area contributed by atoms with E-state index in [1.54, 1.807) is 4.90 Å². The molecule has 122 valence electrons. The minimum atomic E-state index is -0.882. The highest BCUT2D eigenvalue weighted by Crippen LogP contribution is 2.24. The standard InChI is InChI=1S/C16H30N2O3/c1-4-12(2)15(16(20)21)17-10-14(19)18(3)11-13-8-6-5-7-9-13/h12-13,15,17H,4-11H2,1-3H3,(H,20,21)/t12-,15-/m0/s1. The molecule has 1 amide bonds. The summed E-state index contributed by atoms with van der Waals surface area (Å²) in [6.07, 6.45) is 7.02. The van der Waals surface area contributed by atoms with E-state index in [0.717, 1.165) is 13.0 Å². The Bertz CT molecular complexity index is 340. The van der Waals surface area contributed by atoms with E-state index < -0.39 is 12.0 Å². The number of carbonyl (C=O) groups is 2. The number of hydrogen-bond acceptors (Lipinski definition) is 3. The van der Waals surface area contributed by atoms with Crippen LogP contribution in [0.15, 0.2) is 0 Å². The third kappa shape index (κ3) is 6.04. The highest BCUT2D eigenvalue weighted by atomic mass is 16.4. The molecular formula is C16H30N2O3. The molecule has 21 heavy (non-hydrogen) atoms. The van der Waals surface area contributed by atoms with Gasteiger partial charge in [0.25, 0.3) is 0 Å². The van der Waals surface area contributed by atoms with Crippen molar-refractivity contribution in [3.05, 3.63) is 0 Å². The molecule has 0 heterocycles. The van der Waals surface area contributed by atoms with Crippen molar-refractivity contribution < 1.29 is 14.7 Å². The molecule has 0 aliphatic heterocycles. The predicted molar refractivity (Wildman–Crippen MR) is 83.1 cm³/mol. The first-order valence-electron chi connectivity index (χ1n) is 8.15. The lowest BCUT2D eigenvalue weighted by Gasteiger charge is -2.28. The van der Waals surface area contributed by atoms with Crippen LogP contribution in [-0.2, 0) is 9.59 Å². The van der Waals surface area contributed by atoms with Crippen molar-refractivity contribution in [3.63, 3.8) is 0 Å². The maximum Gasteiger partial charge on any atom is 0.320 e. The summed E-state index contributed by atoms with van der Waals surface area (Å²) in [5.41, 5.74) is 0. The molecule has 1 rings (SSSR count). The summed E-state index contributed by atoms with van der Waals surface area (Å²) in [7, 11) is 1.82. The Morgan fingerprint density at radius 2 is 1.90 bits per heavy atom. The van der Waals surface area contributed by atoms with Crippen LogP contribution in [0.4, 0.5) is 0 Å². The van der Waals surface area contributed by atoms with Gasteiger partial charge in [-0.15, -0.1) is 0 Å². The highest BCUT2D eigenvalue weighted by molar-refractivity contribution is 5.80. The van der Waals surface area contributed by atoms with E-state index in [1.807, 2.05) is 20.9 Å². The SMILES string of the molecule is CC[C@H](C)[C@H](NCC(=O)N(C)CC1CCCCC1)C(=O)O. The van der Waals surface area contributed by atoms with E-state index in [1.165, 1.54) is 32.1 Å². The van der Waals surface area contributed by atoms with Crippen LogP contribution < -0.4 is 5.32 Å². The lowest BCUT2D eigenvalue weighted by molar-refractivity contribution is -0.141. The Labute approximate surface area is 128 Å². The fraction of sp³-hybridized carbons (Fsp3) is 0.875. The predicted octanol–water partition coefficient (Wildman–Crippen LogP) is 2.11. The molecule has 1 saturated carbocycles. The number of amides is 1. The maximum absolute atomic E-state index is 12.1. The number of aliphatic carboxylic acids is 1. The Balaban J connectivity index is 2.38. The number of nitrogens with zero attached hydrogens (tertiary/aromatic N) is 1. The minimum absolute atomic E-state index is 0.0129. The Morgan fingerprint density at radius 3 is 2.43 bits per heavy atom. The smallest absolute Gasteiger partial charge is 0.320 e. The van der Waals surface area contributed by atoms with Crippen molar-refractivity contribution in [2.45, 2.75) is 58.4 Å². The van der Waals surface area contributed by atoms with Crippen molar-refractivity contribution in [2.75, 3.05) is 20.1 Å². The number of carboxylic acid groups (broad SMARTS) is 1. The first-order valence-corrected chi connectivity index (χ1v) is 8.15. The molecule has 0 saturated heterocycles. The monoisotopic (exact) mass is 298 g/mol. The molecule has 1 aliphatic rings. The van der Waals surface area contributed by atoms with Crippen LogP contribution in [0, 0.1) is 11.8 Å². The number of carboxylic acids is 1. The van der Waals surface area contributed by atoms with Crippen LogP contribution in [0.1, 0.15) is 52.4 Å². The van der Waals surface area contributed by atoms with Crippen molar-refractivity contribution in [3.8, 4) is 0 Å². The van der Waals surface area contributed by atoms with Crippen LogP contribution in [0.3, 0.4) is 0 Å². The van der Waals surface area contributed by atoms with Crippen LogP contribution in [0.25, 0.3) is 0 Å². The van der Waals surface area contributed by atoms with Gasteiger partial charge in [-0.2, -0.15) is 0 Å². The van der Waals surface area contributed by atoms with Gasteiger partial charge in [0.15, 0.2) is 0 Å². The molecule has 0 spiro atoms. The summed E-state index contributed by atoms with van der Waals surface area (Å²) in [5.74, 6) is -0.279. The van der Waals surface area contributed by atoms with E-state index in [2.05, 4.69) is 5.32 Å². The largest absolute Gasteiger partial charge is 0.480 e. The fourth-order valence-electron chi connectivity index (χ4n) is 2.96. The van der Waals surface area contributed by atoms with E-state index in [0.29, 0.717) is 5.92 Å². The molecular weight excluding hydrogens is 268 g/mol. The van der Waals surface area contributed by atoms with E-state index in [-0.39, 0.29) is 18.4 Å². The fourth-order valence-corrected chi connectivity index (χ4v) is 2.96. The highest BCUT2D eigenvalue weighted by Gasteiger charge is 2.25. The second-order valence-electron chi connectivity index (χ2n) is 6.36. The third-order valence-electron chi connectivity index (χ3n) is 4.63. The van der Waals surface area contributed by atoms with E-state index >= 15 is 0 Å². The molecule has 0 radical (unpaired) electrons. The number of nitrogens with one attached hydrogen (secondary N) is 1. The molecule has 2 N–H and O–H groups in total. The topological polar surface area (TPSA) is 69.6 Å². The van der Waals surface area contributed by atoms with Gasteiger partial charge >= 0.3 is 5.97 Å². The average Bonchev–Trinajstić information content (AvgIpc) is 2.47. The third-order valence-corrected chi connectivity index (χ3v) is 4.63. The van der Waals surface area contributed by atoms with Crippen LogP contribution in [-0.4, -0.2) is 48.1 Å². The van der Waals surface area contributed by atoms with Gasteiger partial charge in [0.1, 0.15) is 6.04 Å². The maximum atomic E-state index is 12.1. The lowest BCUT2D eigenvalue weighted by Crippen LogP contribution is -2.47. The van der Waals surface area contributed by atoms with E-state index in [4.69, 9.17) is 0 Å². The second-order valence-corrected chi connectivity index (χ2v) is 6.36. The van der Waals surface area contributed by atoms with Crippen molar-refractivity contribution in [1.82, 2.24) is 10.2 Å². The summed E-state index contributed by atoms with van der Waals surface area (Å²) in [6, 6.07) is -0.651. The first-order chi connectivity index (χ1) is 9.95. The van der Waals surface area contributed by atoms with Gasteiger partial charge in [0, 0.05) is 13.6 Å². The number of hydrogen-bond donors (Lipinski definition) is 2. The van der Waals surface area contributed by atoms with Crippen molar-refractivity contribution in [2.24, 2.45) is 11.8 Å². The van der Waals surface area contributed by atoms with Crippen molar-refractivity contribution in [1.29, 1.82) is 0 Å². The summed E-state index contributed by atoms with van der Waals surface area (Å²) in [6.45, 7) is 4.74. The quantitative estimate of drug-likeness (QED) is 0.720. The molecule has 2 atom stereocenters. The molecule has 0 unspecified atom stereocenters. The molecule has 1 fully saturated rings. The first kappa shape index (κ1) is 18.0. The van der Waals surface area contributed by atoms with Gasteiger partial charge in [-0.05, 0) is 24.7 Å². The van der Waals surface area contributed by atoms with Gasteiger partial charge in [0.05, 0.1) is 6.54 Å². The van der Waals surface area contributed by atoms with E-state index in [9.17, 15) is 14.7 Å². The van der Waals surface area contributed by atoms with Gasteiger partial charge in [-0.25, -0.2) is 0 Å². The molecule has 5 nitrogen and oxygen atoms in total. The second kappa shape index (κ2) is 9.03.